The Morgan fingerprint density at radius 3 is 2.31 bits per heavy atom. The Morgan fingerprint density at radius 1 is 0.897 bits per heavy atom. The van der Waals surface area contributed by atoms with Crippen molar-refractivity contribution in [1.29, 1.82) is 0 Å². The van der Waals surface area contributed by atoms with E-state index in [-0.39, 0.29) is 39.2 Å². The quantitative estimate of drug-likeness (QED) is 0.196. The molecular weight excluding hydrogens is 550 g/mol. The lowest BCUT2D eigenvalue weighted by Gasteiger charge is -2.12. The summed E-state index contributed by atoms with van der Waals surface area (Å²) in [6, 6.07) is 23.7. The van der Waals surface area contributed by atoms with E-state index < -0.39 is 17.3 Å². The average molecular weight is 568 g/mol. The zero-order valence-electron chi connectivity index (χ0n) is 20.0. The van der Waals surface area contributed by atoms with Crippen LogP contribution in [0.25, 0.3) is 22.3 Å². The molecule has 0 radical (unpaired) electrons. The molecule has 5 nitrogen and oxygen atoms in total. The van der Waals surface area contributed by atoms with Gasteiger partial charge in [-0.05, 0) is 47.5 Å². The molecule has 0 N–H and O–H groups in total. The number of ether oxygens (including phenoxy) is 1. The summed E-state index contributed by atoms with van der Waals surface area (Å²) in [6.07, 6.45) is -3.24. The molecule has 0 aliphatic rings. The molecule has 0 fully saturated rings. The van der Waals surface area contributed by atoms with E-state index in [0.717, 1.165) is 22.4 Å². The first-order chi connectivity index (χ1) is 18.7. The molecule has 0 atom stereocenters. The first kappa shape index (κ1) is 26.5. The van der Waals surface area contributed by atoms with E-state index in [4.69, 9.17) is 27.9 Å². The number of alkyl halides is 3. The van der Waals surface area contributed by atoms with Crippen LogP contribution >= 0.6 is 23.2 Å². The summed E-state index contributed by atoms with van der Waals surface area (Å²) in [4.78, 5) is 17.8. The van der Waals surface area contributed by atoms with Crippen LogP contribution < -0.4 is 10.3 Å². The molecule has 1 aromatic heterocycles. The van der Waals surface area contributed by atoms with Crippen molar-refractivity contribution in [3.63, 3.8) is 0 Å². The number of fused-ring (bicyclic) bond motifs is 1. The lowest BCUT2D eigenvalue weighted by Crippen LogP contribution is -2.20. The Balaban J connectivity index is 1.54. The molecule has 39 heavy (non-hydrogen) atoms. The molecular formula is C29H18Cl2F3N3O2. The maximum absolute atomic E-state index is 13.4. The van der Waals surface area contributed by atoms with Crippen LogP contribution in [0.15, 0.2) is 101 Å². The lowest BCUT2D eigenvalue weighted by molar-refractivity contribution is -0.137. The van der Waals surface area contributed by atoms with E-state index in [2.05, 4.69) is 10.1 Å². The maximum Gasteiger partial charge on any atom is 0.416 e. The van der Waals surface area contributed by atoms with E-state index >= 15 is 0 Å². The van der Waals surface area contributed by atoms with Crippen LogP contribution in [0.1, 0.15) is 16.7 Å². The summed E-state index contributed by atoms with van der Waals surface area (Å²) in [5, 5.41) is 4.98. The summed E-state index contributed by atoms with van der Waals surface area (Å²) in [7, 11) is 0. The summed E-state index contributed by atoms with van der Waals surface area (Å²) >= 11 is 12.8. The molecule has 10 heteroatoms. The van der Waals surface area contributed by atoms with Gasteiger partial charge in [0.25, 0.3) is 5.56 Å². The second kappa shape index (κ2) is 10.9. The molecule has 196 valence electrons. The van der Waals surface area contributed by atoms with Gasteiger partial charge in [-0.1, -0.05) is 77.8 Å². The van der Waals surface area contributed by atoms with Crippen molar-refractivity contribution in [1.82, 2.24) is 9.66 Å². The van der Waals surface area contributed by atoms with Gasteiger partial charge in [0.1, 0.15) is 6.61 Å². The molecule has 0 aliphatic carbocycles. The second-order valence-electron chi connectivity index (χ2n) is 8.48. The highest BCUT2D eigenvalue weighted by molar-refractivity contribution is 6.37. The van der Waals surface area contributed by atoms with Gasteiger partial charge in [0.15, 0.2) is 11.6 Å². The molecule has 0 saturated heterocycles. The van der Waals surface area contributed by atoms with Gasteiger partial charge in [0.2, 0.25) is 0 Å². The molecule has 0 unspecified atom stereocenters. The van der Waals surface area contributed by atoms with Gasteiger partial charge in [-0.3, -0.25) is 4.79 Å². The fourth-order valence-corrected chi connectivity index (χ4v) is 4.51. The van der Waals surface area contributed by atoms with Gasteiger partial charge >= 0.3 is 6.18 Å². The number of hydrogen-bond donors (Lipinski definition) is 0. The van der Waals surface area contributed by atoms with Crippen LogP contribution in [0.5, 0.6) is 5.75 Å². The average Bonchev–Trinajstić information content (AvgIpc) is 2.92. The van der Waals surface area contributed by atoms with E-state index in [9.17, 15) is 18.0 Å². The predicted octanol–water partition coefficient (Wildman–Crippen LogP) is 7.85. The van der Waals surface area contributed by atoms with E-state index in [1.165, 1.54) is 18.3 Å². The topological polar surface area (TPSA) is 56.5 Å². The van der Waals surface area contributed by atoms with Crippen molar-refractivity contribution in [3.05, 3.63) is 128 Å². The Hall–Kier alpha value is -4.14. The summed E-state index contributed by atoms with van der Waals surface area (Å²) in [5.74, 6) is 0.231. The molecule has 0 saturated carbocycles. The van der Waals surface area contributed by atoms with E-state index in [1.807, 2.05) is 30.3 Å². The van der Waals surface area contributed by atoms with Gasteiger partial charge in [-0.25, -0.2) is 4.98 Å². The van der Waals surface area contributed by atoms with Gasteiger partial charge in [-0.15, -0.1) is 0 Å². The number of benzene rings is 4. The molecule has 5 rings (SSSR count). The van der Waals surface area contributed by atoms with Crippen molar-refractivity contribution in [2.75, 3.05) is 0 Å². The highest BCUT2D eigenvalue weighted by Crippen LogP contribution is 2.35. The normalized spacial score (nSPS) is 11.8. The van der Waals surface area contributed by atoms with Crippen LogP contribution in [-0.2, 0) is 12.8 Å². The van der Waals surface area contributed by atoms with Crippen molar-refractivity contribution in [3.8, 4) is 17.1 Å². The number of rotatable bonds is 6. The molecule has 5 aromatic rings. The predicted molar refractivity (Wildman–Crippen MR) is 147 cm³/mol. The molecule has 0 spiro atoms. The van der Waals surface area contributed by atoms with Gasteiger partial charge in [-0.2, -0.15) is 22.9 Å². The zero-order chi connectivity index (χ0) is 27.6. The Bertz CT molecular complexity index is 1730. The SMILES string of the molecule is O=c1c2ccccc2nc(-c2cccc(C(F)(F)F)c2)n1N=Cc1cc(Cl)c(OCc2ccccc2)c(Cl)c1. The number of halogens is 5. The zero-order valence-corrected chi connectivity index (χ0v) is 21.5. The third kappa shape index (κ3) is 5.82. The Labute approximate surface area is 230 Å². The van der Waals surface area contributed by atoms with Crippen molar-refractivity contribution < 1.29 is 17.9 Å². The Morgan fingerprint density at radius 2 is 1.59 bits per heavy atom. The van der Waals surface area contributed by atoms with Crippen LogP contribution in [0.3, 0.4) is 0 Å². The minimum Gasteiger partial charge on any atom is -0.486 e. The van der Waals surface area contributed by atoms with Crippen molar-refractivity contribution in [2.45, 2.75) is 12.8 Å². The summed E-state index contributed by atoms with van der Waals surface area (Å²) < 4.78 is 46.9. The van der Waals surface area contributed by atoms with E-state index in [1.54, 1.807) is 36.4 Å². The fraction of sp³-hybridized carbons (Fsp3) is 0.0690. The number of aromatic nitrogens is 2. The molecule has 4 aromatic carbocycles. The highest BCUT2D eigenvalue weighted by atomic mass is 35.5. The fourth-order valence-electron chi connectivity index (χ4n) is 3.90. The number of para-hydroxylation sites is 1. The molecule has 0 amide bonds. The third-order valence-corrected chi connectivity index (χ3v) is 6.33. The summed E-state index contributed by atoms with van der Waals surface area (Å²) in [5.41, 5.74) is 0.345. The first-order valence-corrected chi connectivity index (χ1v) is 12.4. The Kier molecular flexibility index (Phi) is 7.41. The smallest absolute Gasteiger partial charge is 0.416 e. The van der Waals surface area contributed by atoms with Gasteiger partial charge in [0.05, 0.1) is 32.7 Å². The molecule has 0 aliphatic heterocycles. The standard InChI is InChI=1S/C29H18Cl2F3N3O2/c30-23-13-19(14-24(31)26(23)39-17-18-7-2-1-3-8-18)16-35-37-27(20-9-6-10-21(15-20)29(32,33)34)36-25-12-5-4-11-22(25)28(37)38/h1-16H,17H2. The lowest BCUT2D eigenvalue weighted by atomic mass is 10.1. The maximum atomic E-state index is 13.4. The largest absolute Gasteiger partial charge is 0.486 e. The van der Waals surface area contributed by atoms with Crippen LogP contribution in [-0.4, -0.2) is 15.9 Å². The van der Waals surface area contributed by atoms with Crippen LogP contribution in [0, 0.1) is 0 Å². The summed E-state index contributed by atoms with van der Waals surface area (Å²) in [6.45, 7) is 0.256. The van der Waals surface area contributed by atoms with Crippen molar-refractivity contribution in [2.24, 2.45) is 5.10 Å². The van der Waals surface area contributed by atoms with Gasteiger partial charge < -0.3 is 4.74 Å². The van der Waals surface area contributed by atoms with Gasteiger partial charge in [0, 0.05) is 5.56 Å². The minimum absolute atomic E-state index is 0.0546. The number of nitrogens with zero attached hydrogens (tertiary/aromatic N) is 3. The minimum atomic E-state index is -4.57. The van der Waals surface area contributed by atoms with E-state index in [0.29, 0.717) is 11.1 Å². The monoisotopic (exact) mass is 567 g/mol. The van der Waals surface area contributed by atoms with Crippen molar-refractivity contribution >= 4 is 40.3 Å². The molecule has 1 heterocycles. The third-order valence-electron chi connectivity index (χ3n) is 5.77. The first-order valence-electron chi connectivity index (χ1n) is 11.6. The van der Waals surface area contributed by atoms with Crippen LogP contribution in [0.2, 0.25) is 10.0 Å². The number of hydrogen-bond acceptors (Lipinski definition) is 4. The highest BCUT2D eigenvalue weighted by Gasteiger charge is 2.31. The second-order valence-corrected chi connectivity index (χ2v) is 9.29. The molecule has 0 bridgehead atoms. The van der Waals surface area contributed by atoms with Crippen LogP contribution in [0.4, 0.5) is 13.2 Å².